The summed E-state index contributed by atoms with van der Waals surface area (Å²) >= 11 is 1.55. The Labute approximate surface area is 132 Å². The lowest BCUT2D eigenvalue weighted by Crippen LogP contribution is -2.01. The number of hydrogen-bond donors (Lipinski definition) is 0. The average molecular weight is 317 g/mol. The summed E-state index contributed by atoms with van der Waals surface area (Å²) in [6.45, 7) is 2.92. The molecule has 0 atom stereocenters. The molecule has 0 saturated carbocycles. The summed E-state index contributed by atoms with van der Waals surface area (Å²) in [7, 11) is 0. The first-order valence-corrected chi connectivity index (χ1v) is 8.11. The third kappa shape index (κ3) is 3.22. The van der Waals surface area contributed by atoms with Gasteiger partial charge in [-0.3, -0.25) is 4.57 Å². The zero-order chi connectivity index (χ0) is 15.4. The number of aromatic nitrogens is 3. The topological polar surface area (TPSA) is 43.9 Å². The molecule has 114 valence electrons. The molecule has 0 aliphatic carbocycles. The Balaban J connectivity index is 1.81. The molecule has 0 N–H and O–H groups in total. The van der Waals surface area contributed by atoms with E-state index in [4.69, 9.17) is 4.42 Å². The highest BCUT2D eigenvalue weighted by atomic mass is 32.2. The fourth-order valence-electron chi connectivity index (χ4n) is 2.18. The summed E-state index contributed by atoms with van der Waals surface area (Å²) in [5.41, 5.74) is 0.926. The van der Waals surface area contributed by atoms with Gasteiger partial charge in [0.15, 0.2) is 16.7 Å². The Bertz CT molecular complexity index is 740. The minimum absolute atomic E-state index is 0.218. The largest absolute Gasteiger partial charge is 0.461 e. The molecule has 0 saturated heterocycles. The lowest BCUT2D eigenvalue weighted by atomic mass is 10.2. The molecule has 0 spiro atoms. The Morgan fingerprint density at radius 3 is 2.86 bits per heavy atom. The molecule has 22 heavy (non-hydrogen) atoms. The van der Waals surface area contributed by atoms with Gasteiger partial charge in [0, 0.05) is 12.3 Å². The smallest absolute Gasteiger partial charge is 0.200 e. The van der Waals surface area contributed by atoms with Crippen molar-refractivity contribution in [1.29, 1.82) is 0 Å². The quantitative estimate of drug-likeness (QED) is 0.633. The number of furan rings is 1. The maximum Gasteiger partial charge on any atom is 0.200 e. The van der Waals surface area contributed by atoms with Gasteiger partial charge in [-0.15, -0.1) is 10.2 Å². The van der Waals surface area contributed by atoms with Gasteiger partial charge in [-0.2, -0.15) is 0 Å². The lowest BCUT2D eigenvalue weighted by molar-refractivity contribution is 0.559. The van der Waals surface area contributed by atoms with Crippen molar-refractivity contribution in [1.82, 2.24) is 14.8 Å². The fourth-order valence-corrected chi connectivity index (χ4v) is 3.09. The number of rotatable bonds is 6. The van der Waals surface area contributed by atoms with Crippen LogP contribution in [0.1, 0.15) is 18.9 Å². The van der Waals surface area contributed by atoms with E-state index in [1.54, 1.807) is 30.2 Å². The minimum atomic E-state index is -0.218. The summed E-state index contributed by atoms with van der Waals surface area (Å²) < 4.78 is 20.7. The van der Waals surface area contributed by atoms with Crippen molar-refractivity contribution >= 4 is 11.8 Å². The van der Waals surface area contributed by atoms with Gasteiger partial charge >= 0.3 is 0 Å². The molecule has 0 aliphatic rings. The Morgan fingerprint density at radius 2 is 2.14 bits per heavy atom. The van der Waals surface area contributed by atoms with Crippen LogP contribution >= 0.6 is 11.8 Å². The molecule has 4 nitrogen and oxygen atoms in total. The van der Waals surface area contributed by atoms with E-state index in [0.717, 1.165) is 29.5 Å². The minimum Gasteiger partial charge on any atom is -0.461 e. The van der Waals surface area contributed by atoms with Crippen molar-refractivity contribution in [2.75, 3.05) is 0 Å². The molecule has 1 aromatic carbocycles. The van der Waals surface area contributed by atoms with Crippen LogP contribution in [0.3, 0.4) is 0 Å². The van der Waals surface area contributed by atoms with Crippen molar-refractivity contribution in [3.05, 3.63) is 54.0 Å². The van der Waals surface area contributed by atoms with E-state index in [2.05, 4.69) is 17.1 Å². The standard InChI is InChI=1S/C16H16FN3OS/c1-2-8-20-15(14-7-4-9-21-14)18-19-16(20)22-11-12-5-3-6-13(17)10-12/h3-7,9-10H,2,8,11H2,1H3. The monoisotopic (exact) mass is 317 g/mol. The van der Waals surface area contributed by atoms with E-state index >= 15 is 0 Å². The van der Waals surface area contributed by atoms with Crippen molar-refractivity contribution in [2.24, 2.45) is 0 Å². The van der Waals surface area contributed by atoms with Gasteiger partial charge in [-0.05, 0) is 36.2 Å². The summed E-state index contributed by atoms with van der Waals surface area (Å²) in [5.74, 6) is 1.87. The molecule has 0 bridgehead atoms. The average Bonchev–Trinajstić information content (AvgIpc) is 3.15. The second-order valence-electron chi connectivity index (χ2n) is 4.85. The van der Waals surface area contributed by atoms with Gasteiger partial charge in [0.05, 0.1) is 6.26 Å². The Kier molecular flexibility index (Phi) is 4.58. The van der Waals surface area contributed by atoms with E-state index in [1.165, 1.54) is 6.07 Å². The van der Waals surface area contributed by atoms with Crippen LogP contribution in [0.5, 0.6) is 0 Å². The third-order valence-electron chi connectivity index (χ3n) is 3.16. The number of benzene rings is 1. The molecular weight excluding hydrogens is 301 g/mol. The third-order valence-corrected chi connectivity index (χ3v) is 4.20. The number of halogens is 1. The summed E-state index contributed by atoms with van der Waals surface area (Å²) in [6, 6.07) is 10.3. The molecule has 2 aromatic heterocycles. The van der Waals surface area contributed by atoms with Gasteiger partial charge in [-0.25, -0.2) is 4.39 Å². The van der Waals surface area contributed by atoms with Gasteiger partial charge in [0.1, 0.15) is 5.82 Å². The van der Waals surface area contributed by atoms with Crippen LogP contribution in [0.4, 0.5) is 4.39 Å². The maximum atomic E-state index is 13.2. The molecule has 0 amide bonds. The summed E-state index contributed by atoms with van der Waals surface area (Å²) in [5, 5.41) is 9.30. The second kappa shape index (κ2) is 6.79. The molecular formula is C16H16FN3OS. The van der Waals surface area contributed by atoms with E-state index in [0.29, 0.717) is 11.5 Å². The molecule has 3 aromatic rings. The molecule has 0 fully saturated rings. The maximum absolute atomic E-state index is 13.2. The van der Waals surface area contributed by atoms with Crippen LogP contribution < -0.4 is 0 Å². The molecule has 2 heterocycles. The highest BCUT2D eigenvalue weighted by Gasteiger charge is 2.15. The molecule has 0 unspecified atom stereocenters. The van der Waals surface area contributed by atoms with Crippen molar-refractivity contribution in [3.8, 4) is 11.6 Å². The van der Waals surface area contributed by atoms with Crippen LogP contribution in [-0.2, 0) is 12.3 Å². The second-order valence-corrected chi connectivity index (χ2v) is 5.80. The van der Waals surface area contributed by atoms with Gasteiger partial charge < -0.3 is 4.42 Å². The van der Waals surface area contributed by atoms with Crippen molar-refractivity contribution in [3.63, 3.8) is 0 Å². The first-order valence-electron chi connectivity index (χ1n) is 7.12. The van der Waals surface area contributed by atoms with Gasteiger partial charge in [-0.1, -0.05) is 30.8 Å². The van der Waals surface area contributed by atoms with Gasteiger partial charge in [0.25, 0.3) is 0 Å². The predicted molar refractivity (Wildman–Crippen MR) is 84.0 cm³/mol. The zero-order valence-electron chi connectivity index (χ0n) is 12.2. The predicted octanol–water partition coefficient (Wildman–Crippen LogP) is 4.38. The van der Waals surface area contributed by atoms with Crippen LogP contribution in [-0.4, -0.2) is 14.8 Å². The summed E-state index contributed by atoms with van der Waals surface area (Å²) in [6.07, 6.45) is 2.60. The van der Waals surface area contributed by atoms with Crippen molar-refractivity contribution in [2.45, 2.75) is 30.8 Å². The van der Waals surface area contributed by atoms with Crippen molar-refractivity contribution < 1.29 is 8.81 Å². The highest BCUT2D eigenvalue weighted by molar-refractivity contribution is 7.98. The highest BCUT2D eigenvalue weighted by Crippen LogP contribution is 2.27. The fraction of sp³-hybridized carbons (Fsp3) is 0.250. The van der Waals surface area contributed by atoms with Crippen LogP contribution in [0.25, 0.3) is 11.6 Å². The number of hydrogen-bond acceptors (Lipinski definition) is 4. The Morgan fingerprint density at radius 1 is 1.23 bits per heavy atom. The Hall–Kier alpha value is -2.08. The number of nitrogens with zero attached hydrogens (tertiary/aromatic N) is 3. The van der Waals surface area contributed by atoms with Gasteiger partial charge in [0.2, 0.25) is 0 Å². The summed E-state index contributed by atoms with van der Waals surface area (Å²) in [4.78, 5) is 0. The molecule has 3 rings (SSSR count). The first kappa shape index (κ1) is 14.8. The van der Waals surface area contributed by atoms with Crippen LogP contribution in [0.2, 0.25) is 0 Å². The van der Waals surface area contributed by atoms with E-state index in [-0.39, 0.29) is 5.82 Å². The lowest BCUT2D eigenvalue weighted by Gasteiger charge is -2.07. The van der Waals surface area contributed by atoms with Crippen LogP contribution in [0, 0.1) is 5.82 Å². The zero-order valence-corrected chi connectivity index (χ0v) is 13.0. The molecule has 0 radical (unpaired) electrons. The first-order chi connectivity index (χ1) is 10.8. The normalized spacial score (nSPS) is 11.0. The van der Waals surface area contributed by atoms with E-state index in [1.807, 2.05) is 22.8 Å². The van der Waals surface area contributed by atoms with E-state index < -0.39 is 0 Å². The molecule has 0 aliphatic heterocycles. The number of thioether (sulfide) groups is 1. The SMILES string of the molecule is CCCn1c(SCc2cccc(F)c2)nnc1-c1ccco1. The molecule has 6 heteroatoms. The van der Waals surface area contributed by atoms with E-state index in [9.17, 15) is 4.39 Å². The van der Waals surface area contributed by atoms with Crippen LogP contribution in [0.15, 0.2) is 52.2 Å².